The maximum atomic E-state index is 14.5. The minimum Gasteiger partial charge on any atom is -0.471 e. The van der Waals surface area contributed by atoms with Crippen LogP contribution in [0.5, 0.6) is 5.88 Å². The normalized spacial score (nSPS) is 21.4. The zero-order chi connectivity index (χ0) is 19.2. The summed E-state index contributed by atoms with van der Waals surface area (Å²) < 4.78 is 31.8. The topological polar surface area (TPSA) is 65.2 Å². The predicted molar refractivity (Wildman–Crippen MR) is 100 cm³/mol. The van der Waals surface area contributed by atoms with Crippen molar-refractivity contribution in [2.45, 2.75) is 84.0 Å². The van der Waals surface area contributed by atoms with Gasteiger partial charge in [-0.3, -0.25) is 5.14 Å². The predicted octanol–water partition coefficient (Wildman–Crippen LogP) is 4.25. The third-order valence-electron chi connectivity index (χ3n) is 4.60. The molecular formula is C19H31FN2O2S. The van der Waals surface area contributed by atoms with Crippen molar-refractivity contribution in [2.24, 2.45) is 10.6 Å². The second kappa shape index (κ2) is 6.62. The van der Waals surface area contributed by atoms with Gasteiger partial charge in [-0.05, 0) is 64.4 Å². The van der Waals surface area contributed by atoms with Crippen molar-refractivity contribution in [3.8, 4) is 5.88 Å². The Bertz CT molecular complexity index is 681. The van der Waals surface area contributed by atoms with E-state index in [1.807, 2.05) is 33.8 Å². The van der Waals surface area contributed by atoms with E-state index in [-0.39, 0.29) is 11.3 Å². The van der Waals surface area contributed by atoms with E-state index in [0.717, 1.165) is 12.0 Å². The Kier molecular flexibility index (Phi) is 5.37. The number of aromatic nitrogens is 1. The van der Waals surface area contributed by atoms with Crippen LogP contribution in [-0.2, 0) is 17.4 Å². The van der Waals surface area contributed by atoms with Crippen molar-refractivity contribution in [3.05, 3.63) is 23.1 Å². The number of nitrogens with zero attached hydrogens (tertiary/aromatic N) is 1. The van der Waals surface area contributed by atoms with E-state index in [4.69, 9.17) is 9.88 Å². The first-order valence-electron chi connectivity index (χ1n) is 8.75. The monoisotopic (exact) mass is 370 g/mol. The fraction of sp³-hybridized carbons (Fsp3) is 0.737. The Morgan fingerprint density at radius 2 is 1.96 bits per heavy atom. The average molecular weight is 371 g/mol. The van der Waals surface area contributed by atoms with E-state index in [0.29, 0.717) is 24.3 Å². The molecule has 6 heteroatoms. The lowest BCUT2D eigenvalue weighted by Gasteiger charge is -2.39. The van der Waals surface area contributed by atoms with Crippen LogP contribution in [0.1, 0.15) is 78.4 Å². The van der Waals surface area contributed by atoms with Crippen LogP contribution in [0, 0.1) is 11.4 Å². The highest BCUT2D eigenvalue weighted by atomic mass is 32.2. The molecule has 1 aliphatic heterocycles. The van der Waals surface area contributed by atoms with Gasteiger partial charge in [0.25, 0.3) is 0 Å². The van der Waals surface area contributed by atoms with Gasteiger partial charge in [-0.2, -0.15) is 9.37 Å². The summed E-state index contributed by atoms with van der Waals surface area (Å²) in [5, 5.41) is 5.68. The standard InChI is InChI=1S/C19H31FN2O2S/c1-17(2,3)9-12-8-14-13(11-19(6,7)25(21)23)10-18(4,5)24-16(14)22-15(12)20/h8,13H,9-11,21H2,1-7H3/t13-,25?/m0/s1. The number of pyridine rings is 1. The quantitative estimate of drug-likeness (QED) is 0.806. The molecule has 1 unspecified atom stereocenters. The van der Waals surface area contributed by atoms with Crippen LogP contribution < -0.4 is 9.88 Å². The van der Waals surface area contributed by atoms with Gasteiger partial charge in [0.15, 0.2) is 0 Å². The molecule has 1 aromatic rings. The van der Waals surface area contributed by atoms with Gasteiger partial charge in [0.2, 0.25) is 11.8 Å². The van der Waals surface area contributed by atoms with Gasteiger partial charge in [0.05, 0.1) is 15.7 Å². The van der Waals surface area contributed by atoms with Crippen molar-refractivity contribution >= 4 is 11.0 Å². The Hall–Kier alpha value is -1.01. The van der Waals surface area contributed by atoms with E-state index >= 15 is 0 Å². The summed E-state index contributed by atoms with van der Waals surface area (Å²) in [6.45, 7) is 14.0. The highest BCUT2D eigenvalue weighted by molar-refractivity contribution is 7.84. The lowest BCUT2D eigenvalue weighted by Crippen LogP contribution is -2.40. The van der Waals surface area contributed by atoms with Gasteiger partial charge in [-0.25, -0.2) is 4.21 Å². The lowest BCUT2D eigenvalue weighted by atomic mass is 9.79. The first kappa shape index (κ1) is 20.3. The van der Waals surface area contributed by atoms with E-state index < -0.39 is 27.3 Å². The Balaban J connectivity index is 2.47. The third kappa shape index (κ3) is 5.00. The van der Waals surface area contributed by atoms with Crippen LogP contribution >= 0.6 is 0 Å². The molecule has 0 aromatic carbocycles. The van der Waals surface area contributed by atoms with Gasteiger partial charge in [0.1, 0.15) is 5.60 Å². The molecule has 0 bridgehead atoms. The summed E-state index contributed by atoms with van der Waals surface area (Å²) in [4.78, 5) is 4.12. The lowest BCUT2D eigenvalue weighted by molar-refractivity contribution is 0.0616. The molecule has 0 aliphatic carbocycles. The molecule has 1 aromatic heterocycles. The third-order valence-corrected chi connectivity index (χ3v) is 5.85. The van der Waals surface area contributed by atoms with E-state index in [2.05, 4.69) is 25.8 Å². The highest BCUT2D eigenvalue weighted by Gasteiger charge is 2.39. The SMILES string of the molecule is CC(C)(C)Cc1cc2c(nc1F)OC(C)(C)C[C@H]2CC(C)(C)S(N)=O. The van der Waals surface area contributed by atoms with Crippen LogP contribution in [-0.4, -0.2) is 19.5 Å². The molecule has 1 aliphatic rings. The largest absolute Gasteiger partial charge is 0.471 e. The molecule has 2 heterocycles. The molecule has 2 rings (SSSR count). The Labute approximate surface area is 153 Å². The zero-order valence-electron chi connectivity index (χ0n) is 16.4. The van der Waals surface area contributed by atoms with E-state index in [1.54, 1.807) is 0 Å². The summed E-state index contributed by atoms with van der Waals surface area (Å²) in [6.07, 6.45) is 1.99. The molecule has 2 atom stereocenters. The summed E-state index contributed by atoms with van der Waals surface area (Å²) in [5.41, 5.74) is 1.01. The molecule has 0 amide bonds. The number of rotatable bonds is 4. The fourth-order valence-corrected chi connectivity index (χ4v) is 3.83. The number of ether oxygens (including phenoxy) is 1. The second-order valence-electron chi connectivity index (χ2n) is 9.59. The van der Waals surface area contributed by atoms with Gasteiger partial charge in [0, 0.05) is 11.1 Å². The van der Waals surface area contributed by atoms with Gasteiger partial charge in [-0.15, -0.1) is 0 Å². The smallest absolute Gasteiger partial charge is 0.220 e. The number of nitrogens with two attached hydrogens (primary N) is 1. The van der Waals surface area contributed by atoms with E-state index in [1.165, 1.54) is 0 Å². The molecule has 142 valence electrons. The minimum absolute atomic E-state index is 0.0426. The number of hydrogen-bond donors (Lipinski definition) is 1. The van der Waals surface area contributed by atoms with E-state index in [9.17, 15) is 8.60 Å². The molecule has 2 N–H and O–H groups in total. The molecule has 0 fully saturated rings. The number of halogens is 1. The van der Waals surface area contributed by atoms with Crippen LogP contribution in [0.4, 0.5) is 4.39 Å². The van der Waals surface area contributed by atoms with Crippen LogP contribution in [0.3, 0.4) is 0 Å². The fourth-order valence-electron chi connectivity index (χ4n) is 3.47. The molecule has 0 spiro atoms. The van der Waals surface area contributed by atoms with Gasteiger partial charge < -0.3 is 4.74 Å². The molecule has 0 radical (unpaired) electrons. The second-order valence-corrected chi connectivity index (χ2v) is 11.3. The first-order chi connectivity index (χ1) is 11.2. The molecule has 0 saturated heterocycles. The summed E-state index contributed by atoms with van der Waals surface area (Å²) in [7, 11) is -1.44. The van der Waals surface area contributed by atoms with Crippen molar-refractivity contribution < 1.29 is 13.3 Å². The Morgan fingerprint density at radius 1 is 1.36 bits per heavy atom. The molecule has 4 nitrogen and oxygen atoms in total. The summed E-state index contributed by atoms with van der Waals surface area (Å²) >= 11 is 0. The molecule has 0 saturated carbocycles. The van der Waals surface area contributed by atoms with Crippen molar-refractivity contribution in [1.82, 2.24) is 4.98 Å². The van der Waals surface area contributed by atoms with Crippen LogP contribution in [0.15, 0.2) is 6.07 Å². The van der Waals surface area contributed by atoms with Gasteiger partial charge >= 0.3 is 0 Å². The van der Waals surface area contributed by atoms with Crippen molar-refractivity contribution in [3.63, 3.8) is 0 Å². The van der Waals surface area contributed by atoms with Crippen LogP contribution in [0.25, 0.3) is 0 Å². The molecular weight excluding hydrogens is 339 g/mol. The zero-order valence-corrected chi connectivity index (χ0v) is 17.2. The molecule has 25 heavy (non-hydrogen) atoms. The maximum absolute atomic E-state index is 14.5. The first-order valence-corrected chi connectivity index (χ1v) is 9.96. The van der Waals surface area contributed by atoms with Crippen LogP contribution in [0.2, 0.25) is 0 Å². The van der Waals surface area contributed by atoms with Crippen molar-refractivity contribution in [2.75, 3.05) is 0 Å². The highest BCUT2D eigenvalue weighted by Crippen LogP contribution is 2.45. The number of fused-ring (bicyclic) bond motifs is 1. The Morgan fingerprint density at radius 3 is 2.48 bits per heavy atom. The average Bonchev–Trinajstić information content (AvgIpc) is 2.37. The minimum atomic E-state index is -1.44. The number of hydrogen-bond acceptors (Lipinski definition) is 3. The maximum Gasteiger partial charge on any atom is 0.220 e. The summed E-state index contributed by atoms with van der Waals surface area (Å²) in [6, 6.07) is 1.89. The summed E-state index contributed by atoms with van der Waals surface area (Å²) in [5.74, 6) is -0.0325. The van der Waals surface area contributed by atoms with Crippen molar-refractivity contribution in [1.29, 1.82) is 0 Å². The van der Waals surface area contributed by atoms with Gasteiger partial charge in [-0.1, -0.05) is 20.8 Å².